The Morgan fingerprint density at radius 2 is 1.80 bits per heavy atom. The summed E-state index contributed by atoms with van der Waals surface area (Å²) in [5.41, 5.74) is 2.08. The SMILES string of the molecule is CC[C@@H](O)/C(=C\[Si](C)(C)C)[C@@](C)(O)CC. The van der Waals surface area contributed by atoms with Crippen molar-refractivity contribution in [3.63, 3.8) is 0 Å². The molecular weight excluding hydrogens is 204 g/mol. The summed E-state index contributed by atoms with van der Waals surface area (Å²) in [4.78, 5) is 0. The summed E-state index contributed by atoms with van der Waals surface area (Å²) in [6, 6.07) is 0. The molecule has 0 aromatic heterocycles. The molecule has 2 nitrogen and oxygen atoms in total. The summed E-state index contributed by atoms with van der Waals surface area (Å²) >= 11 is 0. The van der Waals surface area contributed by atoms with Crippen molar-refractivity contribution in [3.05, 3.63) is 11.3 Å². The largest absolute Gasteiger partial charge is 0.389 e. The van der Waals surface area contributed by atoms with Crippen LogP contribution in [0.3, 0.4) is 0 Å². The molecule has 15 heavy (non-hydrogen) atoms. The standard InChI is InChI=1S/C12H26O2Si/c1-7-11(13)10(9-15(4,5)6)12(3,14)8-2/h9,11,13-14H,7-8H2,1-6H3/b10-9+/t11-,12+/m1/s1. The maximum absolute atomic E-state index is 10.2. The Kier molecular flexibility index (Phi) is 5.24. The lowest BCUT2D eigenvalue weighted by Gasteiger charge is -2.30. The molecule has 0 radical (unpaired) electrons. The fourth-order valence-corrected chi connectivity index (χ4v) is 2.94. The zero-order valence-corrected chi connectivity index (χ0v) is 12.0. The third-order valence-electron chi connectivity index (χ3n) is 2.64. The van der Waals surface area contributed by atoms with Crippen LogP contribution in [0.4, 0.5) is 0 Å². The Morgan fingerprint density at radius 1 is 1.33 bits per heavy atom. The lowest BCUT2D eigenvalue weighted by molar-refractivity contribution is 0.0603. The molecule has 0 heterocycles. The Morgan fingerprint density at radius 3 is 2.07 bits per heavy atom. The molecule has 0 aliphatic rings. The molecule has 0 saturated heterocycles. The molecule has 0 spiro atoms. The third kappa shape index (κ3) is 4.95. The van der Waals surface area contributed by atoms with Crippen LogP contribution in [0.1, 0.15) is 33.6 Å². The molecule has 0 aromatic carbocycles. The van der Waals surface area contributed by atoms with Gasteiger partial charge in [0.2, 0.25) is 0 Å². The first kappa shape index (κ1) is 14.9. The first-order chi connectivity index (χ1) is 6.64. The highest BCUT2D eigenvalue weighted by molar-refractivity contribution is 6.81. The molecule has 0 rings (SSSR count). The first-order valence-electron chi connectivity index (χ1n) is 5.77. The Labute approximate surface area is 95.0 Å². The van der Waals surface area contributed by atoms with Gasteiger partial charge in [-0.1, -0.05) is 39.2 Å². The minimum absolute atomic E-state index is 0.508. The average molecular weight is 230 g/mol. The Hall–Kier alpha value is -0.123. The molecule has 3 heteroatoms. The van der Waals surface area contributed by atoms with Crippen LogP contribution in [0.25, 0.3) is 0 Å². The van der Waals surface area contributed by atoms with Gasteiger partial charge in [-0.15, -0.1) is 0 Å². The van der Waals surface area contributed by atoms with Crippen LogP contribution in [-0.2, 0) is 0 Å². The minimum Gasteiger partial charge on any atom is -0.389 e. The van der Waals surface area contributed by atoms with E-state index in [1.807, 2.05) is 13.8 Å². The predicted molar refractivity (Wildman–Crippen MR) is 68.6 cm³/mol. The van der Waals surface area contributed by atoms with Crippen molar-refractivity contribution in [1.29, 1.82) is 0 Å². The molecule has 0 saturated carbocycles. The van der Waals surface area contributed by atoms with Gasteiger partial charge >= 0.3 is 0 Å². The van der Waals surface area contributed by atoms with E-state index in [0.717, 1.165) is 5.57 Å². The zero-order valence-electron chi connectivity index (χ0n) is 11.0. The van der Waals surface area contributed by atoms with Gasteiger partial charge in [0.1, 0.15) is 0 Å². The zero-order chi connectivity index (χ0) is 12.3. The maximum atomic E-state index is 10.2. The highest BCUT2D eigenvalue weighted by atomic mass is 28.3. The van der Waals surface area contributed by atoms with Gasteiger partial charge in [-0.3, -0.25) is 0 Å². The maximum Gasteiger partial charge on any atom is 0.0847 e. The van der Waals surface area contributed by atoms with Gasteiger partial charge in [-0.2, -0.15) is 0 Å². The van der Waals surface area contributed by atoms with E-state index in [1.54, 1.807) is 6.92 Å². The Balaban J connectivity index is 5.16. The molecule has 0 unspecified atom stereocenters. The van der Waals surface area contributed by atoms with Crippen LogP contribution in [0.2, 0.25) is 19.6 Å². The topological polar surface area (TPSA) is 40.5 Å². The fraction of sp³-hybridized carbons (Fsp3) is 0.833. The minimum atomic E-state index is -1.41. The van der Waals surface area contributed by atoms with Gasteiger partial charge in [0.15, 0.2) is 0 Å². The monoisotopic (exact) mass is 230 g/mol. The van der Waals surface area contributed by atoms with Crippen LogP contribution in [-0.4, -0.2) is 30.0 Å². The molecular formula is C12H26O2Si. The molecule has 0 aliphatic carbocycles. The van der Waals surface area contributed by atoms with Gasteiger partial charge < -0.3 is 10.2 Å². The second-order valence-corrected chi connectivity index (χ2v) is 10.5. The highest BCUT2D eigenvalue weighted by Crippen LogP contribution is 2.27. The molecule has 90 valence electrons. The van der Waals surface area contributed by atoms with Gasteiger partial charge in [-0.05, 0) is 25.3 Å². The normalized spacial score (nSPS) is 19.9. The lowest BCUT2D eigenvalue weighted by Crippen LogP contribution is -2.35. The van der Waals surface area contributed by atoms with Crippen LogP contribution < -0.4 is 0 Å². The molecule has 2 N–H and O–H groups in total. The van der Waals surface area contributed by atoms with Crippen LogP contribution in [0, 0.1) is 0 Å². The van der Waals surface area contributed by atoms with E-state index in [4.69, 9.17) is 0 Å². The predicted octanol–water partition coefficient (Wildman–Crippen LogP) is 2.72. The van der Waals surface area contributed by atoms with E-state index in [2.05, 4.69) is 25.3 Å². The number of rotatable bonds is 5. The van der Waals surface area contributed by atoms with Crippen molar-refractivity contribution in [3.8, 4) is 0 Å². The van der Waals surface area contributed by atoms with Crippen molar-refractivity contribution in [1.82, 2.24) is 0 Å². The van der Waals surface area contributed by atoms with Gasteiger partial charge in [0, 0.05) is 0 Å². The molecule has 0 aromatic rings. The van der Waals surface area contributed by atoms with E-state index < -0.39 is 19.8 Å². The van der Waals surface area contributed by atoms with Crippen molar-refractivity contribution in [2.24, 2.45) is 0 Å². The van der Waals surface area contributed by atoms with Crippen LogP contribution in [0.5, 0.6) is 0 Å². The van der Waals surface area contributed by atoms with E-state index in [0.29, 0.717) is 12.8 Å². The highest BCUT2D eigenvalue weighted by Gasteiger charge is 2.29. The molecule has 0 aliphatic heterocycles. The van der Waals surface area contributed by atoms with Crippen molar-refractivity contribution in [2.45, 2.75) is 65.0 Å². The summed E-state index contributed by atoms with van der Waals surface area (Å²) in [5.74, 6) is 0. The average Bonchev–Trinajstić information content (AvgIpc) is 2.11. The number of aliphatic hydroxyl groups excluding tert-OH is 1. The van der Waals surface area contributed by atoms with Gasteiger partial charge in [0.05, 0.1) is 19.8 Å². The molecule has 0 fully saturated rings. The molecule has 2 atom stereocenters. The lowest BCUT2D eigenvalue weighted by atomic mass is 9.89. The summed E-state index contributed by atoms with van der Waals surface area (Å²) in [6.07, 6.45) is 0.791. The smallest absolute Gasteiger partial charge is 0.0847 e. The van der Waals surface area contributed by atoms with Crippen LogP contribution in [0.15, 0.2) is 11.3 Å². The van der Waals surface area contributed by atoms with E-state index in [1.165, 1.54) is 0 Å². The fourth-order valence-electron chi connectivity index (χ4n) is 1.50. The quantitative estimate of drug-likeness (QED) is 0.713. The Bertz CT molecular complexity index is 226. The van der Waals surface area contributed by atoms with Crippen molar-refractivity contribution >= 4 is 8.07 Å². The second kappa shape index (κ2) is 5.28. The first-order valence-corrected chi connectivity index (χ1v) is 9.35. The molecule has 0 bridgehead atoms. The van der Waals surface area contributed by atoms with Gasteiger partial charge in [-0.25, -0.2) is 0 Å². The summed E-state index contributed by atoms with van der Waals surface area (Å²) in [6.45, 7) is 12.3. The van der Waals surface area contributed by atoms with Gasteiger partial charge in [0.25, 0.3) is 0 Å². The number of hydrogen-bond acceptors (Lipinski definition) is 2. The number of aliphatic hydroxyl groups is 2. The summed E-state index contributed by atoms with van der Waals surface area (Å²) in [7, 11) is -1.41. The van der Waals surface area contributed by atoms with Crippen molar-refractivity contribution in [2.75, 3.05) is 0 Å². The number of hydrogen-bond donors (Lipinski definition) is 2. The summed E-state index contributed by atoms with van der Waals surface area (Å²) in [5, 5.41) is 20.2. The van der Waals surface area contributed by atoms with E-state index in [9.17, 15) is 10.2 Å². The van der Waals surface area contributed by atoms with Crippen molar-refractivity contribution < 1.29 is 10.2 Å². The second-order valence-electron chi connectivity index (χ2n) is 5.52. The summed E-state index contributed by atoms with van der Waals surface area (Å²) < 4.78 is 0. The molecule has 0 amide bonds. The van der Waals surface area contributed by atoms with Crippen LogP contribution >= 0.6 is 0 Å². The van der Waals surface area contributed by atoms with E-state index in [-0.39, 0.29) is 0 Å². The third-order valence-corrected chi connectivity index (χ3v) is 3.82. The van der Waals surface area contributed by atoms with E-state index >= 15 is 0 Å².